The van der Waals surface area contributed by atoms with Crippen LogP contribution in [0.1, 0.15) is 43.7 Å². The third-order valence-corrected chi connectivity index (χ3v) is 6.55. The molecule has 0 saturated heterocycles. The molecule has 0 amide bonds. The number of ketones is 1. The van der Waals surface area contributed by atoms with E-state index in [1.54, 1.807) is 12.1 Å². The van der Waals surface area contributed by atoms with Crippen molar-refractivity contribution in [3.63, 3.8) is 0 Å². The SMILES string of the molecule is CCC12CCC(=O)C=C1c1c(cc(OC(CC(O)CO)C(=O)O)c(Cl)c1Cl)C2. The fourth-order valence-corrected chi connectivity index (χ4v) is 4.61. The van der Waals surface area contributed by atoms with Gasteiger partial charge in [-0.05, 0) is 42.5 Å². The molecule has 152 valence electrons. The van der Waals surface area contributed by atoms with Gasteiger partial charge in [-0.15, -0.1) is 0 Å². The molecule has 6 nitrogen and oxygen atoms in total. The minimum atomic E-state index is -1.39. The zero-order valence-electron chi connectivity index (χ0n) is 15.4. The molecule has 3 unspecified atom stereocenters. The summed E-state index contributed by atoms with van der Waals surface area (Å²) in [5.74, 6) is -1.12. The number of hydrogen-bond acceptors (Lipinski definition) is 5. The van der Waals surface area contributed by atoms with E-state index in [4.69, 9.17) is 33.0 Å². The maximum absolute atomic E-state index is 12.0. The van der Waals surface area contributed by atoms with Crippen LogP contribution in [0.5, 0.6) is 5.75 Å². The van der Waals surface area contributed by atoms with E-state index < -0.39 is 24.8 Å². The summed E-state index contributed by atoms with van der Waals surface area (Å²) in [5.41, 5.74) is 2.31. The van der Waals surface area contributed by atoms with Crippen LogP contribution in [0.4, 0.5) is 0 Å². The first kappa shape index (κ1) is 21.1. The molecule has 0 bridgehead atoms. The molecule has 0 aromatic heterocycles. The number of carbonyl (C=O) groups is 2. The summed E-state index contributed by atoms with van der Waals surface area (Å²) in [5, 5.41) is 28.2. The number of fused-ring (bicyclic) bond motifs is 3. The molecular weight excluding hydrogens is 407 g/mol. The van der Waals surface area contributed by atoms with E-state index >= 15 is 0 Å². The lowest BCUT2D eigenvalue weighted by atomic mass is 9.71. The highest BCUT2D eigenvalue weighted by Gasteiger charge is 2.45. The average molecular weight is 429 g/mol. The van der Waals surface area contributed by atoms with Gasteiger partial charge in [0.25, 0.3) is 0 Å². The van der Waals surface area contributed by atoms with E-state index in [0.29, 0.717) is 12.8 Å². The van der Waals surface area contributed by atoms with E-state index in [-0.39, 0.29) is 33.4 Å². The number of benzene rings is 1. The molecule has 2 aliphatic carbocycles. The Kier molecular flexibility index (Phi) is 6.05. The maximum Gasteiger partial charge on any atom is 0.345 e. The Balaban J connectivity index is 2.01. The topological polar surface area (TPSA) is 104 Å². The lowest BCUT2D eigenvalue weighted by Crippen LogP contribution is -2.32. The van der Waals surface area contributed by atoms with Gasteiger partial charge < -0.3 is 20.1 Å². The summed E-state index contributed by atoms with van der Waals surface area (Å²) in [4.78, 5) is 23.5. The maximum atomic E-state index is 12.0. The highest BCUT2D eigenvalue weighted by atomic mass is 35.5. The first-order valence-corrected chi connectivity index (χ1v) is 9.92. The van der Waals surface area contributed by atoms with Crippen LogP contribution in [-0.4, -0.2) is 45.9 Å². The van der Waals surface area contributed by atoms with Crippen LogP contribution in [0.25, 0.3) is 5.57 Å². The summed E-state index contributed by atoms with van der Waals surface area (Å²) in [7, 11) is 0. The Morgan fingerprint density at radius 2 is 2.07 bits per heavy atom. The zero-order chi connectivity index (χ0) is 20.6. The second-order valence-electron chi connectivity index (χ2n) is 7.39. The minimum Gasteiger partial charge on any atom is -0.479 e. The highest BCUT2D eigenvalue weighted by molar-refractivity contribution is 6.44. The first-order valence-electron chi connectivity index (χ1n) is 9.17. The molecule has 1 aromatic rings. The molecule has 0 fully saturated rings. The summed E-state index contributed by atoms with van der Waals surface area (Å²) in [6.45, 7) is 1.49. The van der Waals surface area contributed by atoms with Crippen molar-refractivity contribution in [1.82, 2.24) is 0 Å². The van der Waals surface area contributed by atoms with Crippen LogP contribution in [0, 0.1) is 5.41 Å². The van der Waals surface area contributed by atoms with Gasteiger partial charge in [-0.25, -0.2) is 4.79 Å². The smallest absolute Gasteiger partial charge is 0.345 e. The van der Waals surface area contributed by atoms with Crippen LogP contribution >= 0.6 is 23.2 Å². The summed E-state index contributed by atoms with van der Waals surface area (Å²) in [6.07, 6.45) is 1.46. The number of ether oxygens (including phenoxy) is 1. The number of halogens is 2. The molecule has 8 heteroatoms. The van der Waals surface area contributed by atoms with Crippen LogP contribution in [0.15, 0.2) is 12.1 Å². The van der Waals surface area contributed by atoms with Crippen LogP contribution in [0.3, 0.4) is 0 Å². The predicted octanol–water partition coefficient (Wildman–Crippen LogP) is 3.27. The van der Waals surface area contributed by atoms with Gasteiger partial charge in [0.05, 0.1) is 17.7 Å². The summed E-state index contributed by atoms with van der Waals surface area (Å²) in [6, 6.07) is 1.67. The van der Waals surface area contributed by atoms with Gasteiger partial charge in [-0.1, -0.05) is 30.1 Å². The molecule has 0 radical (unpaired) electrons. The fraction of sp³-hybridized carbons (Fsp3) is 0.500. The Morgan fingerprint density at radius 1 is 1.36 bits per heavy atom. The number of carboxylic acid groups (broad SMARTS) is 1. The third kappa shape index (κ3) is 3.66. The van der Waals surface area contributed by atoms with Gasteiger partial charge in [-0.3, -0.25) is 4.79 Å². The molecule has 3 atom stereocenters. The third-order valence-electron chi connectivity index (χ3n) is 5.70. The van der Waals surface area contributed by atoms with Gasteiger partial charge in [0, 0.05) is 23.8 Å². The highest BCUT2D eigenvalue weighted by Crippen LogP contribution is 2.57. The monoisotopic (exact) mass is 428 g/mol. The fourth-order valence-electron chi connectivity index (χ4n) is 4.10. The largest absolute Gasteiger partial charge is 0.479 e. The lowest BCUT2D eigenvalue weighted by Gasteiger charge is -2.32. The van der Waals surface area contributed by atoms with Crippen molar-refractivity contribution in [3.05, 3.63) is 33.3 Å². The first-order chi connectivity index (χ1) is 13.2. The molecule has 3 rings (SSSR count). The van der Waals surface area contributed by atoms with Gasteiger partial charge in [0.2, 0.25) is 0 Å². The Hall–Kier alpha value is -1.60. The Labute approximate surface area is 172 Å². The van der Waals surface area contributed by atoms with Crippen LogP contribution in [-0.2, 0) is 16.0 Å². The molecule has 0 spiro atoms. The number of carbonyl (C=O) groups excluding carboxylic acids is 1. The molecule has 1 aromatic carbocycles. The molecule has 0 heterocycles. The van der Waals surface area contributed by atoms with Gasteiger partial charge >= 0.3 is 5.97 Å². The minimum absolute atomic E-state index is 0.0587. The summed E-state index contributed by atoms with van der Waals surface area (Å²) < 4.78 is 5.55. The number of allylic oxidation sites excluding steroid dienone is 2. The molecular formula is C20H22Cl2O6. The van der Waals surface area contributed by atoms with Gasteiger partial charge in [0.1, 0.15) is 10.8 Å². The quantitative estimate of drug-likeness (QED) is 0.615. The van der Waals surface area contributed by atoms with Crippen molar-refractivity contribution in [3.8, 4) is 5.75 Å². The van der Waals surface area contributed by atoms with E-state index in [2.05, 4.69) is 6.92 Å². The van der Waals surface area contributed by atoms with Crippen molar-refractivity contribution in [2.45, 2.75) is 51.2 Å². The van der Waals surface area contributed by atoms with Crippen molar-refractivity contribution < 1.29 is 29.6 Å². The second-order valence-corrected chi connectivity index (χ2v) is 8.14. The predicted molar refractivity (Wildman–Crippen MR) is 105 cm³/mol. The number of hydrogen-bond donors (Lipinski definition) is 3. The van der Waals surface area contributed by atoms with Crippen molar-refractivity contribution in [2.24, 2.45) is 5.41 Å². The van der Waals surface area contributed by atoms with Gasteiger partial charge in [0.15, 0.2) is 11.9 Å². The van der Waals surface area contributed by atoms with E-state index in [1.165, 1.54) is 0 Å². The van der Waals surface area contributed by atoms with E-state index in [0.717, 1.165) is 29.5 Å². The lowest BCUT2D eigenvalue weighted by molar-refractivity contribution is -0.146. The van der Waals surface area contributed by atoms with E-state index in [1.807, 2.05) is 0 Å². The van der Waals surface area contributed by atoms with Crippen molar-refractivity contribution >= 4 is 40.5 Å². The number of rotatable bonds is 7. The molecule has 0 saturated carbocycles. The number of carboxylic acids is 1. The number of aliphatic hydroxyl groups is 2. The molecule has 0 aliphatic heterocycles. The zero-order valence-corrected chi connectivity index (χ0v) is 16.9. The second kappa shape index (κ2) is 8.03. The standard InChI is InChI=1S/C20H22Cl2O6/c1-2-20-4-3-11(24)6-13(20)16-10(8-20)5-14(17(21)18(16)22)28-15(19(26)27)7-12(25)9-23/h5-6,12,15,23,25H,2-4,7-9H2,1H3,(H,26,27). The normalized spacial score (nSPS) is 22.9. The number of aliphatic hydroxyl groups excluding tert-OH is 2. The Bertz CT molecular complexity index is 850. The molecule has 28 heavy (non-hydrogen) atoms. The Morgan fingerprint density at radius 3 is 2.68 bits per heavy atom. The summed E-state index contributed by atoms with van der Waals surface area (Å²) >= 11 is 12.9. The van der Waals surface area contributed by atoms with Crippen LogP contribution in [0.2, 0.25) is 10.0 Å². The van der Waals surface area contributed by atoms with Crippen molar-refractivity contribution in [1.29, 1.82) is 0 Å². The average Bonchev–Trinajstić information content (AvgIpc) is 2.98. The molecule has 3 N–H and O–H groups in total. The number of aliphatic carboxylic acids is 1. The van der Waals surface area contributed by atoms with Crippen molar-refractivity contribution in [2.75, 3.05) is 6.61 Å². The molecule has 2 aliphatic rings. The van der Waals surface area contributed by atoms with E-state index in [9.17, 15) is 19.8 Å². The van der Waals surface area contributed by atoms with Gasteiger partial charge in [-0.2, -0.15) is 0 Å². The van der Waals surface area contributed by atoms with Crippen LogP contribution < -0.4 is 4.74 Å².